The van der Waals surface area contributed by atoms with E-state index >= 15 is 0 Å². The number of hydrogen-bond acceptors (Lipinski definition) is 7. The molecule has 0 saturated heterocycles. The molecule has 2 aromatic carbocycles. The molecule has 4 rings (SSSR count). The fourth-order valence-electron chi connectivity index (χ4n) is 2.62. The molecule has 8 heteroatoms. The van der Waals surface area contributed by atoms with Crippen molar-refractivity contribution < 1.29 is 23.4 Å². The average molecular weight is 367 g/mol. The van der Waals surface area contributed by atoms with Gasteiger partial charge in [0.05, 0.1) is 0 Å². The molecular formula is C19H17N3O5. The zero-order valence-corrected chi connectivity index (χ0v) is 14.5. The maximum atomic E-state index is 12.3. The zero-order valence-electron chi connectivity index (χ0n) is 14.5. The van der Waals surface area contributed by atoms with Gasteiger partial charge < -0.3 is 23.9 Å². The molecular weight excluding hydrogens is 350 g/mol. The van der Waals surface area contributed by atoms with Crippen molar-refractivity contribution >= 4 is 5.91 Å². The molecule has 0 spiro atoms. The van der Waals surface area contributed by atoms with Crippen molar-refractivity contribution in [3.8, 4) is 28.7 Å². The third kappa shape index (κ3) is 3.84. The molecule has 138 valence electrons. The van der Waals surface area contributed by atoms with Crippen molar-refractivity contribution in [1.29, 1.82) is 0 Å². The van der Waals surface area contributed by atoms with Crippen molar-refractivity contribution in [2.45, 2.75) is 19.6 Å². The number of nitrogens with one attached hydrogen (secondary N) is 1. The van der Waals surface area contributed by atoms with Crippen molar-refractivity contribution in [3.63, 3.8) is 0 Å². The summed E-state index contributed by atoms with van der Waals surface area (Å²) in [6.07, 6.45) is 0.625. The lowest BCUT2D eigenvalue weighted by Gasteiger charge is -2.15. The van der Waals surface area contributed by atoms with E-state index in [9.17, 15) is 4.79 Å². The van der Waals surface area contributed by atoms with Gasteiger partial charge in [-0.15, -0.1) is 10.2 Å². The van der Waals surface area contributed by atoms with Gasteiger partial charge in [0.2, 0.25) is 19.1 Å². The van der Waals surface area contributed by atoms with Gasteiger partial charge in [0.15, 0.2) is 17.6 Å². The van der Waals surface area contributed by atoms with Crippen molar-refractivity contribution in [2.75, 3.05) is 6.79 Å². The number of ether oxygens (including phenoxy) is 3. The molecule has 0 radical (unpaired) electrons. The monoisotopic (exact) mass is 367 g/mol. The van der Waals surface area contributed by atoms with Gasteiger partial charge in [-0.2, -0.15) is 0 Å². The Balaban J connectivity index is 1.31. The number of fused-ring (bicyclic) bond motifs is 1. The Kier molecular flexibility index (Phi) is 4.61. The van der Waals surface area contributed by atoms with E-state index < -0.39 is 6.10 Å². The second-order valence-electron chi connectivity index (χ2n) is 5.93. The lowest BCUT2D eigenvalue weighted by molar-refractivity contribution is -0.127. The first-order chi connectivity index (χ1) is 13.2. The fraction of sp³-hybridized carbons (Fsp3) is 0.211. The van der Waals surface area contributed by atoms with Crippen LogP contribution in [0.4, 0.5) is 0 Å². The summed E-state index contributed by atoms with van der Waals surface area (Å²) in [4.78, 5) is 12.3. The first-order valence-electron chi connectivity index (χ1n) is 8.38. The van der Waals surface area contributed by atoms with Crippen molar-refractivity contribution in [2.24, 2.45) is 0 Å². The van der Waals surface area contributed by atoms with Crippen LogP contribution in [0.15, 0.2) is 53.3 Å². The number of hydrogen-bond donors (Lipinski definition) is 1. The largest absolute Gasteiger partial charge is 0.481 e. The van der Waals surface area contributed by atoms with Crippen LogP contribution in [0.2, 0.25) is 0 Å². The molecule has 3 aromatic rings. The highest BCUT2D eigenvalue weighted by atomic mass is 16.7. The molecule has 1 unspecified atom stereocenters. The lowest BCUT2D eigenvalue weighted by Crippen LogP contribution is -2.35. The van der Waals surface area contributed by atoms with Gasteiger partial charge in [-0.05, 0) is 48.9 Å². The molecule has 1 amide bonds. The molecule has 1 aliphatic heterocycles. The molecule has 1 aliphatic rings. The van der Waals surface area contributed by atoms with Crippen LogP contribution in [0, 0.1) is 0 Å². The highest BCUT2D eigenvalue weighted by Gasteiger charge is 2.16. The van der Waals surface area contributed by atoms with Gasteiger partial charge in [0.1, 0.15) is 5.75 Å². The van der Waals surface area contributed by atoms with Crippen LogP contribution in [0.3, 0.4) is 0 Å². The number of benzene rings is 2. The summed E-state index contributed by atoms with van der Waals surface area (Å²) >= 11 is 0. The summed E-state index contributed by atoms with van der Waals surface area (Å²) in [7, 11) is 0. The topological polar surface area (TPSA) is 95.7 Å². The summed E-state index contributed by atoms with van der Waals surface area (Å²) in [5, 5.41) is 10.3. The predicted octanol–water partition coefficient (Wildman–Crippen LogP) is 2.55. The summed E-state index contributed by atoms with van der Waals surface area (Å²) < 4.78 is 21.4. The summed E-state index contributed by atoms with van der Waals surface area (Å²) in [6.45, 7) is 2.29. The minimum absolute atomic E-state index is 0.214. The SMILES string of the molecule is CC(Oc1ccc(-c2nnco2)cc1)C(=O)NCc1ccc2c(c1)OCO2. The first kappa shape index (κ1) is 16.9. The molecule has 0 aliphatic carbocycles. The molecule has 1 aromatic heterocycles. The number of rotatable bonds is 6. The number of carbonyl (C=O) groups is 1. The van der Waals surface area contributed by atoms with Crippen LogP contribution < -0.4 is 19.5 Å². The van der Waals surface area contributed by atoms with E-state index in [0.717, 1.165) is 11.1 Å². The Labute approximate surface area is 155 Å². The first-order valence-corrected chi connectivity index (χ1v) is 8.38. The van der Waals surface area contributed by atoms with Gasteiger partial charge >= 0.3 is 0 Å². The van der Waals surface area contributed by atoms with Crippen molar-refractivity contribution in [1.82, 2.24) is 15.5 Å². The zero-order chi connectivity index (χ0) is 18.6. The maximum absolute atomic E-state index is 12.3. The van der Waals surface area contributed by atoms with Gasteiger partial charge in [-0.1, -0.05) is 6.07 Å². The third-order valence-electron chi connectivity index (χ3n) is 4.05. The van der Waals surface area contributed by atoms with Crippen molar-refractivity contribution in [3.05, 3.63) is 54.4 Å². The quantitative estimate of drug-likeness (QED) is 0.715. The van der Waals surface area contributed by atoms with E-state index in [1.54, 1.807) is 31.2 Å². The number of carbonyl (C=O) groups excluding carboxylic acids is 1. The summed E-state index contributed by atoms with van der Waals surface area (Å²) in [5.41, 5.74) is 1.70. The van der Waals surface area contributed by atoms with Gasteiger partial charge in [0.25, 0.3) is 5.91 Å². The molecule has 1 N–H and O–H groups in total. The highest BCUT2D eigenvalue weighted by molar-refractivity contribution is 5.80. The van der Waals surface area contributed by atoms with E-state index in [0.29, 0.717) is 29.7 Å². The number of nitrogens with zero attached hydrogens (tertiary/aromatic N) is 2. The summed E-state index contributed by atoms with van der Waals surface area (Å²) in [6, 6.07) is 12.6. The Morgan fingerprint density at radius 2 is 2.00 bits per heavy atom. The van der Waals surface area contributed by atoms with E-state index in [1.165, 1.54) is 6.39 Å². The van der Waals surface area contributed by atoms with Crippen LogP contribution in [0.25, 0.3) is 11.5 Å². The lowest BCUT2D eigenvalue weighted by atomic mass is 10.2. The molecule has 0 saturated carbocycles. The van der Waals surface area contributed by atoms with Gasteiger partial charge in [-0.3, -0.25) is 4.79 Å². The predicted molar refractivity (Wildman–Crippen MR) is 94.2 cm³/mol. The molecule has 2 heterocycles. The minimum atomic E-state index is -0.645. The molecule has 27 heavy (non-hydrogen) atoms. The number of aromatic nitrogens is 2. The minimum Gasteiger partial charge on any atom is -0.481 e. The van der Waals surface area contributed by atoms with Crippen LogP contribution in [-0.4, -0.2) is 29.0 Å². The molecule has 1 atom stereocenters. The van der Waals surface area contributed by atoms with Crippen LogP contribution >= 0.6 is 0 Å². The maximum Gasteiger partial charge on any atom is 0.261 e. The van der Waals surface area contributed by atoms with Crippen LogP contribution in [0.5, 0.6) is 17.2 Å². The van der Waals surface area contributed by atoms with E-state index in [1.807, 2.05) is 18.2 Å². The van der Waals surface area contributed by atoms with E-state index in [4.69, 9.17) is 18.6 Å². The van der Waals surface area contributed by atoms with Gasteiger partial charge in [0, 0.05) is 12.1 Å². The second kappa shape index (κ2) is 7.36. The van der Waals surface area contributed by atoms with Gasteiger partial charge in [-0.25, -0.2) is 0 Å². The molecule has 0 bridgehead atoms. The van der Waals surface area contributed by atoms with E-state index in [2.05, 4.69) is 15.5 Å². The Bertz CT molecular complexity index is 925. The highest BCUT2D eigenvalue weighted by Crippen LogP contribution is 2.32. The van der Waals surface area contributed by atoms with Crippen LogP contribution in [-0.2, 0) is 11.3 Å². The molecule has 8 nitrogen and oxygen atoms in total. The average Bonchev–Trinajstić information content (AvgIpc) is 3.38. The van der Waals surface area contributed by atoms with Crippen LogP contribution in [0.1, 0.15) is 12.5 Å². The Hall–Kier alpha value is -3.55. The summed E-state index contributed by atoms with van der Waals surface area (Å²) in [5.74, 6) is 2.19. The number of amides is 1. The Morgan fingerprint density at radius 1 is 1.19 bits per heavy atom. The van der Waals surface area contributed by atoms with E-state index in [-0.39, 0.29) is 12.7 Å². The Morgan fingerprint density at radius 3 is 2.78 bits per heavy atom. The third-order valence-corrected chi connectivity index (χ3v) is 4.05. The standard InChI is InChI=1S/C19H17N3O5/c1-12(27-15-5-3-14(4-6-15)19-22-21-10-24-19)18(23)20-9-13-2-7-16-17(8-13)26-11-25-16/h2-8,10,12H,9,11H2,1H3,(H,20,23). The fourth-order valence-corrected chi connectivity index (χ4v) is 2.62. The smallest absolute Gasteiger partial charge is 0.261 e. The normalized spacial score (nSPS) is 13.2. The molecule has 0 fully saturated rings. The second-order valence-corrected chi connectivity index (χ2v) is 5.93.